The Morgan fingerprint density at radius 2 is 1.71 bits per heavy atom. The number of hydrazine groups is 1. The van der Waals surface area contributed by atoms with E-state index >= 15 is 0 Å². The highest BCUT2D eigenvalue weighted by atomic mass is 16.5. The molecule has 2 atom stereocenters. The van der Waals surface area contributed by atoms with Crippen molar-refractivity contribution < 1.29 is 4.74 Å². The minimum atomic E-state index is 0.213. The molecule has 2 aromatic carbocycles. The van der Waals surface area contributed by atoms with Crippen molar-refractivity contribution in [1.82, 2.24) is 10.9 Å². The van der Waals surface area contributed by atoms with Crippen LogP contribution in [0.25, 0.3) is 0 Å². The Morgan fingerprint density at radius 1 is 1.00 bits per heavy atom. The molecule has 21 heavy (non-hydrogen) atoms. The number of hydrogen-bond acceptors (Lipinski definition) is 4. The summed E-state index contributed by atoms with van der Waals surface area (Å²) in [7, 11) is 1.68. The minimum Gasteiger partial charge on any atom is -0.497 e. The number of anilines is 1. The molecule has 0 spiro atoms. The first-order chi connectivity index (χ1) is 10.2. The fourth-order valence-electron chi connectivity index (χ4n) is 2.56. The van der Waals surface area contributed by atoms with Crippen LogP contribution >= 0.6 is 0 Å². The number of benzene rings is 2. The molecule has 3 N–H and O–H groups in total. The molecule has 0 saturated carbocycles. The quantitative estimate of drug-likeness (QED) is 0.807. The van der Waals surface area contributed by atoms with Crippen molar-refractivity contribution >= 4 is 5.69 Å². The lowest BCUT2D eigenvalue weighted by atomic mass is 10.0. The minimum absolute atomic E-state index is 0.213. The average Bonchev–Trinajstić information content (AvgIpc) is 2.97. The van der Waals surface area contributed by atoms with E-state index in [1.54, 1.807) is 7.11 Å². The summed E-state index contributed by atoms with van der Waals surface area (Å²) in [5.74, 6) is 0.871. The van der Waals surface area contributed by atoms with Gasteiger partial charge >= 0.3 is 0 Å². The van der Waals surface area contributed by atoms with Crippen LogP contribution in [0.4, 0.5) is 5.69 Å². The Labute approximate surface area is 125 Å². The van der Waals surface area contributed by atoms with E-state index in [9.17, 15) is 0 Å². The molecule has 110 valence electrons. The van der Waals surface area contributed by atoms with Gasteiger partial charge in [0.2, 0.25) is 0 Å². The van der Waals surface area contributed by atoms with E-state index in [1.165, 1.54) is 11.1 Å². The molecule has 2 aromatic rings. The number of methoxy groups -OCH3 is 1. The van der Waals surface area contributed by atoms with Gasteiger partial charge in [0.1, 0.15) is 5.75 Å². The standard InChI is InChI=1S/C17H21N3O/c1-12-3-5-13(6-4-12)16-11-17(20-19-16)18-14-7-9-15(21-2)10-8-14/h3-10,16-20H,11H2,1-2H3. The van der Waals surface area contributed by atoms with Crippen molar-refractivity contribution in [2.45, 2.75) is 25.6 Å². The Kier molecular flexibility index (Phi) is 4.08. The third-order valence-corrected chi connectivity index (χ3v) is 3.81. The Hall–Kier alpha value is -2.04. The zero-order chi connectivity index (χ0) is 14.7. The molecule has 0 amide bonds. The van der Waals surface area contributed by atoms with Crippen molar-refractivity contribution in [2.24, 2.45) is 0 Å². The Morgan fingerprint density at radius 3 is 2.38 bits per heavy atom. The van der Waals surface area contributed by atoms with Crippen LogP contribution in [0.5, 0.6) is 5.75 Å². The van der Waals surface area contributed by atoms with Crippen molar-refractivity contribution in [1.29, 1.82) is 0 Å². The Bertz CT molecular complexity index is 580. The largest absolute Gasteiger partial charge is 0.497 e. The molecule has 0 aromatic heterocycles. The fraction of sp³-hybridized carbons (Fsp3) is 0.294. The molecule has 0 aliphatic carbocycles. The van der Waals surface area contributed by atoms with E-state index in [4.69, 9.17) is 4.74 Å². The molecular formula is C17H21N3O. The van der Waals surface area contributed by atoms with Crippen molar-refractivity contribution in [3.05, 3.63) is 59.7 Å². The third kappa shape index (κ3) is 3.35. The molecular weight excluding hydrogens is 262 g/mol. The predicted octanol–water partition coefficient (Wildman–Crippen LogP) is 2.98. The lowest BCUT2D eigenvalue weighted by molar-refractivity contribution is 0.415. The van der Waals surface area contributed by atoms with Crippen molar-refractivity contribution in [2.75, 3.05) is 12.4 Å². The van der Waals surface area contributed by atoms with Gasteiger partial charge in [-0.2, -0.15) is 0 Å². The second kappa shape index (κ2) is 6.16. The first-order valence-corrected chi connectivity index (χ1v) is 7.23. The molecule has 4 heteroatoms. The van der Waals surface area contributed by atoms with Gasteiger partial charge in [-0.25, -0.2) is 10.9 Å². The molecule has 1 fully saturated rings. The van der Waals surface area contributed by atoms with Gasteiger partial charge in [0.05, 0.1) is 13.3 Å². The molecule has 0 bridgehead atoms. The number of rotatable bonds is 4. The molecule has 1 saturated heterocycles. The van der Waals surface area contributed by atoms with Crippen LogP contribution in [0.1, 0.15) is 23.6 Å². The van der Waals surface area contributed by atoms with Crippen LogP contribution in [-0.4, -0.2) is 13.3 Å². The van der Waals surface area contributed by atoms with E-state index in [0.29, 0.717) is 6.04 Å². The van der Waals surface area contributed by atoms with Gasteiger partial charge in [-0.1, -0.05) is 29.8 Å². The highest BCUT2D eigenvalue weighted by Gasteiger charge is 2.24. The summed E-state index contributed by atoms with van der Waals surface area (Å²) >= 11 is 0. The lowest BCUT2D eigenvalue weighted by Gasteiger charge is -2.14. The summed E-state index contributed by atoms with van der Waals surface area (Å²) in [6, 6.07) is 17.0. The maximum Gasteiger partial charge on any atom is 0.119 e. The second-order valence-corrected chi connectivity index (χ2v) is 5.41. The summed E-state index contributed by atoms with van der Waals surface area (Å²) < 4.78 is 5.17. The monoisotopic (exact) mass is 283 g/mol. The normalized spacial score (nSPS) is 21.2. The fourth-order valence-corrected chi connectivity index (χ4v) is 2.56. The topological polar surface area (TPSA) is 45.3 Å². The van der Waals surface area contributed by atoms with E-state index < -0.39 is 0 Å². The highest BCUT2D eigenvalue weighted by Crippen LogP contribution is 2.24. The van der Waals surface area contributed by atoms with E-state index in [0.717, 1.165) is 17.9 Å². The molecule has 1 aliphatic rings. The lowest BCUT2D eigenvalue weighted by Crippen LogP contribution is -2.35. The van der Waals surface area contributed by atoms with Gasteiger partial charge in [0, 0.05) is 18.2 Å². The van der Waals surface area contributed by atoms with Crippen LogP contribution in [0.3, 0.4) is 0 Å². The zero-order valence-corrected chi connectivity index (χ0v) is 12.4. The Balaban J connectivity index is 1.60. The van der Waals surface area contributed by atoms with E-state index in [2.05, 4.69) is 47.4 Å². The van der Waals surface area contributed by atoms with Crippen LogP contribution in [-0.2, 0) is 0 Å². The molecule has 1 heterocycles. The van der Waals surface area contributed by atoms with E-state index in [-0.39, 0.29) is 6.17 Å². The highest BCUT2D eigenvalue weighted by molar-refractivity contribution is 5.47. The van der Waals surface area contributed by atoms with Gasteiger partial charge in [-0.3, -0.25) is 0 Å². The molecule has 0 radical (unpaired) electrons. The summed E-state index contributed by atoms with van der Waals surface area (Å²) in [5, 5.41) is 3.47. The third-order valence-electron chi connectivity index (χ3n) is 3.81. The molecule has 4 nitrogen and oxygen atoms in total. The number of ether oxygens (including phenoxy) is 1. The van der Waals surface area contributed by atoms with Crippen molar-refractivity contribution in [3.8, 4) is 5.75 Å². The maximum absolute atomic E-state index is 5.17. The van der Waals surface area contributed by atoms with Crippen LogP contribution < -0.4 is 20.9 Å². The summed E-state index contributed by atoms with van der Waals surface area (Å²) in [6.07, 6.45) is 1.21. The van der Waals surface area contributed by atoms with Crippen molar-refractivity contribution in [3.63, 3.8) is 0 Å². The summed E-state index contributed by atoms with van der Waals surface area (Å²) in [4.78, 5) is 0. The molecule has 3 rings (SSSR count). The van der Waals surface area contributed by atoms with Gasteiger partial charge < -0.3 is 10.1 Å². The van der Waals surface area contributed by atoms with Crippen LogP contribution in [0.2, 0.25) is 0 Å². The predicted molar refractivity (Wildman–Crippen MR) is 85.2 cm³/mol. The SMILES string of the molecule is COc1ccc(NC2CC(c3ccc(C)cc3)NN2)cc1. The average molecular weight is 283 g/mol. The smallest absolute Gasteiger partial charge is 0.119 e. The first kappa shape index (κ1) is 13.9. The summed E-state index contributed by atoms with van der Waals surface area (Å²) in [5.41, 5.74) is 10.3. The van der Waals surface area contributed by atoms with Crippen LogP contribution in [0.15, 0.2) is 48.5 Å². The van der Waals surface area contributed by atoms with E-state index in [1.807, 2.05) is 24.3 Å². The van der Waals surface area contributed by atoms with Gasteiger partial charge in [0.15, 0.2) is 0 Å². The van der Waals surface area contributed by atoms with Gasteiger partial charge in [-0.05, 0) is 36.8 Å². The second-order valence-electron chi connectivity index (χ2n) is 5.41. The summed E-state index contributed by atoms with van der Waals surface area (Å²) in [6.45, 7) is 2.11. The van der Waals surface area contributed by atoms with Gasteiger partial charge in [-0.15, -0.1) is 0 Å². The van der Waals surface area contributed by atoms with Gasteiger partial charge in [0.25, 0.3) is 0 Å². The van der Waals surface area contributed by atoms with Crippen LogP contribution in [0, 0.1) is 6.92 Å². The number of hydrogen-bond donors (Lipinski definition) is 3. The molecule has 1 aliphatic heterocycles. The number of aryl methyl sites for hydroxylation is 1. The molecule has 2 unspecified atom stereocenters. The zero-order valence-electron chi connectivity index (χ0n) is 12.4. The first-order valence-electron chi connectivity index (χ1n) is 7.23. The number of nitrogens with one attached hydrogen (secondary N) is 3. The maximum atomic E-state index is 5.17.